The van der Waals surface area contributed by atoms with Crippen molar-refractivity contribution in [3.63, 3.8) is 0 Å². The third kappa shape index (κ3) is 37.8. The van der Waals surface area contributed by atoms with Crippen LogP contribution in [0.2, 0.25) is 0 Å². The second-order valence-electron chi connectivity index (χ2n) is 16.5. The average molecular weight is 1200 g/mol. The van der Waals surface area contributed by atoms with Gasteiger partial charge in [0.1, 0.15) is 30.4 Å². The molecule has 6 N–H and O–H groups in total. The Morgan fingerprint density at radius 2 is 0.625 bits per heavy atom. The van der Waals surface area contributed by atoms with Gasteiger partial charge in [-0.3, -0.25) is 13.7 Å². The van der Waals surface area contributed by atoms with Gasteiger partial charge in [-0.25, -0.2) is 25.3 Å². The second-order valence-corrected chi connectivity index (χ2v) is 27.6. The first-order chi connectivity index (χ1) is 31.8. The quantitative estimate of drug-likeness (QED) is 0.0182. The van der Waals surface area contributed by atoms with E-state index in [4.69, 9.17) is 29.4 Å². The van der Waals surface area contributed by atoms with Crippen LogP contribution < -0.4 is 154 Å². The number of rotatable bonds is 27. The minimum Gasteiger partial charge on any atom is -0.747 e. The molecule has 3 rings (SSSR count). The molecule has 0 fully saturated rings. The van der Waals surface area contributed by atoms with Crippen molar-refractivity contribution in [3.05, 3.63) is 143 Å². The van der Waals surface area contributed by atoms with Crippen molar-refractivity contribution in [1.82, 2.24) is 0 Å². The van der Waals surface area contributed by atoms with Crippen LogP contribution in [0.3, 0.4) is 0 Å². The van der Waals surface area contributed by atoms with E-state index in [1.54, 1.807) is 0 Å². The SMILES string of the molecule is C/C(=C\CCCC(P(=O)(O)O)S(=O)(=O)[O-])CCc1ccccc1.C/C(=C\CCCC(P(=O)(O)O)S(=O)(=O)[O-])CCc1ccccc1.C/C(=C\CCCC(P(=O)(O)O)S(=O)(=O)[O-])CCc1ccccc1.[K+].[K+].[K+]. The van der Waals surface area contributed by atoms with Crippen LogP contribution in [-0.4, -0.2) is 83.2 Å². The summed E-state index contributed by atoms with van der Waals surface area (Å²) in [5, 5.41) is 0. The van der Waals surface area contributed by atoms with Crippen molar-refractivity contribution in [2.45, 2.75) is 132 Å². The van der Waals surface area contributed by atoms with Crippen LogP contribution in [0.4, 0.5) is 0 Å². The maximum atomic E-state index is 11.1. The first-order valence-corrected chi connectivity index (χ1v) is 31.4. The molecule has 0 radical (unpaired) electrons. The Morgan fingerprint density at radius 1 is 0.431 bits per heavy atom. The van der Waals surface area contributed by atoms with E-state index in [2.05, 4.69) is 0 Å². The summed E-state index contributed by atoms with van der Waals surface area (Å²) < 4.78 is 131. The van der Waals surface area contributed by atoms with Crippen LogP contribution in [0.25, 0.3) is 0 Å². The average Bonchev–Trinajstić information content (AvgIpc) is 3.22. The molecule has 0 heterocycles. The summed E-state index contributed by atoms with van der Waals surface area (Å²) in [4.78, 5) is 47.3. The summed E-state index contributed by atoms with van der Waals surface area (Å²) in [6.45, 7) is 5.86. The van der Waals surface area contributed by atoms with Gasteiger partial charge in [0.05, 0.1) is 0 Å². The van der Waals surface area contributed by atoms with E-state index >= 15 is 0 Å². The van der Waals surface area contributed by atoms with Gasteiger partial charge in [-0.15, -0.1) is 0 Å². The van der Waals surface area contributed by atoms with Gasteiger partial charge in [0, 0.05) is 0 Å². The molecule has 3 aromatic carbocycles. The van der Waals surface area contributed by atoms with Crippen molar-refractivity contribution in [2.75, 3.05) is 0 Å². The van der Waals surface area contributed by atoms with E-state index in [0.717, 1.165) is 55.2 Å². The van der Waals surface area contributed by atoms with Crippen molar-refractivity contribution in [2.24, 2.45) is 0 Å². The maximum Gasteiger partial charge on any atom is 1.00 e. The Bertz CT molecular complexity index is 2290. The number of hydrogen-bond donors (Lipinski definition) is 6. The van der Waals surface area contributed by atoms with E-state index < -0.39 is 68.1 Å². The Kier molecular flexibility index (Phi) is 42.8. The molecule has 72 heavy (non-hydrogen) atoms. The van der Waals surface area contributed by atoms with Gasteiger partial charge < -0.3 is 43.0 Å². The zero-order valence-corrected chi connectivity index (χ0v) is 56.4. The molecule has 0 saturated heterocycles. The van der Waals surface area contributed by atoms with Crippen molar-refractivity contribution >= 4 is 53.1 Å². The molecular weight excluding hydrogens is 1130 g/mol. The van der Waals surface area contributed by atoms with Crippen molar-refractivity contribution < 1.29 is 236 Å². The van der Waals surface area contributed by atoms with Gasteiger partial charge in [0.25, 0.3) is 0 Å². The van der Waals surface area contributed by atoms with Crippen LogP contribution in [0, 0.1) is 0 Å². The minimum absolute atomic E-state index is 0. The standard InChI is InChI=1S/3C15H23O6PS.3K/c3*1-13(11-12-14-8-3-2-4-9-14)7-5-6-10-15(22(16,17)18)23(19,20)21;;;/h3*2-4,7-9,15H,5-6,10-12H2,1H3,(H2,16,17,18)(H,19,20,21);;;/q;;;3*+1/p-3/b3*13-7+;;;. The van der Waals surface area contributed by atoms with Crippen molar-refractivity contribution in [1.29, 1.82) is 0 Å². The molecule has 390 valence electrons. The smallest absolute Gasteiger partial charge is 0.747 e. The van der Waals surface area contributed by atoms with Crippen LogP contribution in [0.5, 0.6) is 0 Å². The Labute approximate surface area is 554 Å². The van der Waals surface area contributed by atoms with Gasteiger partial charge in [-0.2, -0.15) is 0 Å². The molecule has 0 amide bonds. The van der Waals surface area contributed by atoms with E-state index in [9.17, 15) is 52.6 Å². The van der Waals surface area contributed by atoms with Gasteiger partial charge in [-0.05, 0) is 134 Å². The minimum atomic E-state index is -5.00. The number of hydrogen-bond acceptors (Lipinski definition) is 12. The molecule has 0 aliphatic carbocycles. The van der Waals surface area contributed by atoms with Gasteiger partial charge in [0.15, 0.2) is 15.0 Å². The van der Waals surface area contributed by atoms with Crippen LogP contribution in [0.15, 0.2) is 126 Å². The first kappa shape index (κ1) is 78.2. The molecule has 18 nitrogen and oxygen atoms in total. The Hall–Kier alpha value is 1.97. The molecule has 0 aliphatic rings. The summed E-state index contributed by atoms with van der Waals surface area (Å²) in [7, 11) is -29.8. The third-order valence-corrected chi connectivity index (χ3v) is 21.0. The molecule has 0 saturated carbocycles. The normalized spacial score (nSPS) is 14.1. The Balaban J connectivity index is -0.000000972. The second kappa shape index (κ2) is 39.4. The molecule has 3 atom stereocenters. The van der Waals surface area contributed by atoms with Crippen molar-refractivity contribution in [3.8, 4) is 0 Å². The molecule has 27 heteroatoms. The molecular formula is C45H66K3O18P3S3. The third-order valence-electron chi connectivity index (χ3n) is 10.5. The fraction of sp³-hybridized carbons (Fsp3) is 0.467. The van der Waals surface area contributed by atoms with Crippen LogP contribution >= 0.6 is 22.8 Å². The number of allylic oxidation sites excluding steroid dienone is 6. The van der Waals surface area contributed by atoms with Gasteiger partial charge in [-0.1, -0.05) is 126 Å². The summed E-state index contributed by atoms with van der Waals surface area (Å²) in [6.07, 6.45) is 12.1. The molecule has 0 bridgehead atoms. The van der Waals surface area contributed by atoms with Gasteiger partial charge in [0.2, 0.25) is 0 Å². The first-order valence-electron chi connectivity index (χ1n) is 21.9. The summed E-state index contributed by atoms with van der Waals surface area (Å²) in [6, 6.07) is 29.9. The molecule has 0 aromatic heterocycles. The summed E-state index contributed by atoms with van der Waals surface area (Å²) in [5.74, 6) is 0. The van der Waals surface area contributed by atoms with Gasteiger partial charge >= 0.3 is 177 Å². The zero-order valence-electron chi connectivity index (χ0n) is 41.9. The Morgan fingerprint density at radius 3 is 0.792 bits per heavy atom. The van der Waals surface area contributed by atoms with E-state index in [1.807, 2.05) is 130 Å². The van der Waals surface area contributed by atoms with Crippen LogP contribution in [-0.2, 0) is 63.3 Å². The summed E-state index contributed by atoms with van der Waals surface area (Å²) in [5.41, 5.74) is 7.02. The zero-order chi connectivity index (χ0) is 52.5. The number of unbranched alkanes of at least 4 members (excludes halogenated alkanes) is 3. The van der Waals surface area contributed by atoms with E-state index in [0.29, 0.717) is 19.3 Å². The van der Waals surface area contributed by atoms with Crippen LogP contribution in [0.1, 0.15) is 115 Å². The number of benzene rings is 3. The molecule has 3 aromatic rings. The molecule has 3 unspecified atom stereocenters. The predicted molar refractivity (Wildman–Crippen MR) is 264 cm³/mol. The molecule has 0 aliphatic heterocycles. The fourth-order valence-corrected chi connectivity index (χ4v) is 13.6. The number of aryl methyl sites for hydroxylation is 3. The maximum absolute atomic E-state index is 11.1. The topological polar surface area (TPSA) is 344 Å². The summed E-state index contributed by atoms with van der Waals surface area (Å²) >= 11 is 0. The fourth-order valence-electron chi connectivity index (χ4n) is 6.63. The monoisotopic (exact) mass is 1200 g/mol. The van der Waals surface area contributed by atoms with E-state index in [-0.39, 0.29) is 193 Å². The van der Waals surface area contributed by atoms with E-state index in [1.165, 1.54) is 16.7 Å². The predicted octanol–water partition coefficient (Wildman–Crippen LogP) is -0.634. The largest absolute Gasteiger partial charge is 1.00 e. The molecule has 0 spiro atoms.